The zero-order chi connectivity index (χ0) is 15.5. The molecule has 0 saturated heterocycles. The molecule has 2 aromatic heterocycles. The van der Waals surface area contributed by atoms with E-state index in [0.717, 1.165) is 5.69 Å². The molecule has 1 atom stereocenters. The molecule has 1 unspecified atom stereocenters. The summed E-state index contributed by atoms with van der Waals surface area (Å²) in [6, 6.07) is 12.5. The second-order valence-electron chi connectivity index (χ2n) is 4.96. The molecule has 2 N–H and O–H groups in total. The zero-order valence-corrected chi connectivity index (χ0v) is 12.3. The van der Waals surface area contributed by atoms with Crippen LogP contribution in [-0.4, -0.2) is 31.8 Å². The third kappa shape index (κ3) is 2.88. The van der Waals surface area contributed by atoms with Gasteiger partial charge >= 0.3 is 0 Å². The number of para-hydroxylation sites is 1. The van der Waals surface area contributed by atoms with Crippen molar-refractivity contribution in [1.82, 2.24) is 19.8 Å². The van der Waals surface area contributed by atoms with Crippen LogP contribution in [-0.2, 0) is 4.79 Å². The molecule has 1 amide bonds. The Morgan fingerprint density at radius 2 is 1.91 bits per heavy atom. The summed E-state index contributed by atoms with van der Waals surface area (Å²) in [6.07, 6.45) is 0. The molecular formula is C15H16N6O. The van der Waals surface area contributed by atoms with Gasteiger partial charge in [0.05, 0.1) is 0 Å². The van der Waals surface area contributed by atoms with Gasteiger partial charge in [0.15, 0.2) is 11.5 Å². The maximum absolute atomic E-state index is 12.2. The third-order valence-corrected chi connectivity index (χ3v) is 3.22. The van der Waals surface area contributed by atoms with Gasteiger partial charge in [0, 0.05) is 5.69 Å². The van der Waals surface area contributed by atoms with Crippen molar-refractivity contribution in [2.45, 2.75) is 19.9 Å². The van der Waals surface area contributed by atoms with Gasteiger partial charge in [0.2, 0.25) is 5.91 Å². The number of carbonyl (C=O) groups is 1. The molecule has 7 heteroatoms. The first-order valence-corrected chi connectivity index (χ1v) is 6.95. The van der Waals surface area contributed by atoms with E-state index in [1.165, 1.54) is 0 Å². The van der Waals surface area contributed by atoms with Crippen molar-refractivity contribution in [1.29, 1.82) is 0 Å². The molecule has 2 heterocycles. The minimum absolute atomic E-state index is 0.131. The summed E-state index contributed by atoms with van der Waals surface area (Å²) < 4.78 is 1.63. The Kier molecular flexibility index (Phi) is 3.69. The Bertz CT molecular complexity index is 798. The van der Waals surface area contributed by atoms with E-state index in [1.807, 2.05) is 37.3 Å². The fourth-order valence-electron chi connectivity index (χ4n) is 2.03. The van der Waals surface area contributed by atoms with Crippen molar-refractivity contribution in [3.05, 3.63) is 48.3 Å². The molecule has 0 aliphatic carbocycles. The van der Waals surface area contributed by atoms with E-state index >= 15 is 0 Å². The van der Waals surface area contributed by atoms with E-state index < -0.39 is 6.04 Å². The number of hydrogen-bond donors (Lipinski definition) is 2. The van der Waals surface area contributed by atoms with Crippen molar-refractivity contribution >= 4 is 23.1 Å². The van der Waals surface area contributed by atoms with Crippen LogP contribution in [0.5, 0.6) is 0 Å². The molecule has 112 valence electrons. The van der Waals surface area contributed by atoms with E-state index in [4.69, 9.17) is 0 Å². The first kappa shape index (κ1) is 14.0. The summed E-state index contributed by atoms with van der Waals surface area (Å²) in [5.41, 5.74) is 1.43. The number of aromatic nitrogens is 4. The molecule has 22 heavy (non-hydrogen) atoms. The van der Waals surface area contributed by atoms with Gasteiger partial charge < -0.3 is 10.6 Å². The molecular weight excluding hydrogens is 280 g/mol. The van der Waals surface area contributed by atoms with Crippen molar-refractivity contribution in [3.63, 3.8) is 0 Å². The van der Waals surface area contributed by atoms with Crippen LogP contribution < -0.4 is 10.6 Å². The largest absolute Gasteiger partial charge is 0.357 e. The van der Waals surface area contributed by atoms with Crippen LogP contribution in [0.25, 0.3) is 5.65 Å². The van der Waals surface area contributed by atoms with Gasteiger partial charge in [-0.15, -0.1) is 15.3 Å². The Hall–Kier alpha value is -2.96. The fraction of sp³-hybridized carbons (Fsp3) is 0.200. The molecule has 3 aromatic rings. The quantitative estimate of drug-likeness (QED) is 0.768. The van der Waals surface area contributed by atoms with Gasteiger partial charge in [-0.3, -0.25) is 4.79 Å². The van der Waals surface area contributed by atoms with Crippen LogP contribution in [0.2, 0.25) is 0 Å². The topological polar surface area (TPSA) is 84.2 Å². The van der Waals surface area contributed by atoms with Crippen LogP contribution in [0, 0.1) is 6.92 Å². The Morgan fingerprint density at radius 3 is 2.68 bits per heavy atom. The van der Waals surface area contributed by atoms with Gasteiger partial charge in [-0.05, 0) is 38.1 Å². The summed E-state index contributed by atoms with van der Waals surface area (Å²) in [6.45, 7) is 3.60. The van der Waals surface area contributed by atoms with E-state index in [-0.39, 0.29) is 5.91 Å². The Balaban J connectivity index is 1.70. The van der Waals surface area contributed by atoms with E-state index in [9.17, 15) is 4.79 Å². The lowest BCUT2D eigenvalue weighted by Crippen LogP contribution is -2.32. The first-order chi connectivity index (χ1) is 10.6. The lowest BCUT2D eigenvalue weighted by Gasteiger charge is -2.14. The maximum Gasteiger partial charge on any atom is 0.246 e. The number of hydrogen-bond acceptors (Lipinski definition) is 5. The van der Waals surface area contributed by atoms with Crippen LogP contribution in [0.3, 0.4) is 0 Å². The SMILES string of the molecule is Cc1nnc2ccc(NC(C)C(=O)Nc3ccccc3)nn12. The predicted octanol–water partition coefficient (Wildman–Crippen LogP) is 1.87. The molecule has 0 aliphatic rings. The summed E-state index contributed by atoms with van der Waals surface area (Å²) in [7, 11) is 0. The Labute approximate surface area is 127 Å². The lowest BCUT2D eigenvalue weighted by atomic mass is 10.2. The van der Waals surface area contributed by atoms with Crippen molar-refractivity contribution in [3.8, 4) is 0 Å². The monoisotopic (exact) mass is 296 g/mol. The van der Waals surface area contributed by atoms with Gasteiger partial charge in [-0.2, -0.15) is 4.52 Å². The van der Waals surface area contributed by atoms with Gasteiger partial charge in [0.25, 0.3) is 0 Å². The standard InChI is InChI=1S/C15H16N6O/c1-10(15(22)17-12-6-4-3-5-7-12)16-13-8-9-14-19-18-11(2)21(14)20-13/h3-10H,1-2H3,(H,16,20)(H,17,22). The van der Waals surface area contributed by atoms with Crippen molar-refractivity contribution in [2.75, 3.05) is 10.6 Å². The minimum atomic E-state index is -0.429. The number of amides is 1. The van der Waals surface area contributed by atoms with Crippen LogP contribution >= 0.6 is 0 Å². The predicted molar refractivity (Wildman–Crippen MR) is 83.7 cm³/mol. The molecule has 0 fully saturated rings. The zero-order valence-electron chi connectivity index (χ0n) is 12.3. The summed E-state index contributed by atoms with van der Waals surface area (Å²) in [5.74, 6) is 1.15. The highest BCUT2D eigenvalue weighted by Gasteiger charge is 2.14. The lowest BCUT2D eigenvalue weighted by molar-refractivity contribution is -0.116. The van der Waals surface area contributed by atoms with E-state index in [0.29, 0.717) is 17.3 Å². The number of anilines is 2. The number of aryl methyl sites for hydroxylation is 1. The second-order valence-corrected chi connectivity index (χ2v) is 4.96. The molecule has 0 aliphatic heterocycles. The summed E-state index contributed by atoms with van der Waals surface area (Å²) in [5, 5.41) is 18.2. The molecule has 0 radical (unpaired) electrons. The molecule has 1 aromatic carbocycles. The average molecular weight is 296 g/mol. The number of nitrogens with zero attached hydrogens (tertiary/aromatic N) is 4. The van der Waals surface area contributed by atoms with Gasteiger partial charge in [-0.1, -0.05) is 18.2 Å². The summed E-state index contributed by atoms with van der Waals surface area (Å²) >= 11 is 0. The van der Waals surface area contributed by atoms with Crippen molar-refractivity contribution in [2.24, 2.45) is 0 Å². The normalized spacial score (nSPS) is 12.1. The highest BCUT2D eigenvalue weighted by Crippen LogP contribution is 2.10. The molecule has 0 saturated carbocycles. The highest BCUT2D eigenvalue weighted by molar-refractivity contribution is 5.96. The molecule has 3 rings (SSSR count). The maximum atomic E-state index is 12.2. The number of nitrogens with one attached hydrogen (secondary N) is 2. The molecule has 0 spiro atoms. The second kappa shape index (κ2) is 5.80. The molecule has 7 nitrogen and oxygen atoms in total. The van der Waals surface area contributed by atoms with Crippen molar-refractivity contribution < 1.29 is 4.79 Å². The first-order valence-electron chi connectivity index (χ1n) is 6.95. The minimum Gasteiger partial charge on any atom is -0.357 e. The number of fused-ring (bicyclic) bond motifs is 1. The average Bonchev–Trinajstić information content (AvgIpc) is 2.89. The van der Waals surface area contributed by atoms with Gasteiger partial charge in [0.1, 0.15) is 11.9 Å². The van der Waals surface area contributed by atoms with Crippen LogP contribution in [0.1, 0.15) is 12.7 Å². The number of rotatable bonds is 4. The smallest absolute Gasteiger partial charge is 0.246 e. The number of carbonyl (C=O) groups excluding carboxylic acids is 1. The van der Waals surface area contributed by atoms with E-state index in [1.54, 1.807) is 23.6 Å². The highest BCUT2D eigenvalue weighted by atomic mass is 16.2. The summed E-state index contributed by atoms with van der Waals surface area (Å²) in [4.78, 5) is 12.2. The number of benzene rings is 1. The third-order valence-electron chi connectivity index (χ3n) is 3.22. The van der Waals surface area contributed by atoms with Gasteiger partial charge in [-0.25, -0.2) is 0 Å². The fourth-order valence-corrected chi connectivity index (χ4v) is 2.03. The molecule has 0 bridgehead atoms. The Morgan fingerprint density at radius 1 is 1.14 bits per heavy atom. The van der Waals surface area contributed by atoms with E-state index in [2.05, 4.69) is 25.9 Å². The van der Waals surface area contributed by atoms with Crippen LogP contribution in [0.4, 0.5) is 11.5 Å². The van der Waals surface area contributed by atoms with Crippen LogP contribution in [0.15, 0.2) is 42.5 Å².